The number of carbonyl (C=O) groups is 1. The number of carbonyl (C=O) groups excluding carboxylic acids is 1. The predicted molar refractivity (Wildman–Crippen MR) is 94.9 cm³/mol. The summed E-state index contributed by atoms with van der Waals surface area (Å²) < 4.78 is 17.4. The highest BCUT2D eigenvalue weighted by Gasteiger charge is 2.22. The number of benzene rings is 2. The summed E-state index contributed by atoms with van der Waals surface area (Å²) in [5.41, 5.74) is 1.23. The number of rotatable bonds is 6. The number of likely N-dealkylation sites (tertiary alicyclic amines) is 1. The van der Waals surface area contributed by atoms with E-state index >= 15 is 0 Å². The van der Waals surface area contributed by atoms with Crippen LogP contribution < -0.4 is 4.94 Å². The maximum absolute atomic E-state index is 12.4. The van der Waals surface area contributed by atoms with Gasteiger partial charge in [0.15, 0.2) is 5.75 Å². The van der Waals surface area contributed by atoms with Crippen LogP contribution in [0.4, 0.5) is 4.53 Å². The van der Waals surface area contributed by atoms with Crippen molar-refractivity contribution < 1.29 is 19.0 Å². The van der Waals surface area contributed by atoms with E-state index in [1.54, 1.807) is 12.1 Å². The molecule has 0 spiro atoms. The zero-order chi connectivity index (χ0) is 17.6. The molecule has 2 aromatic rings. The van der Waals surface area contributed by atoms with Crippen molar-refractivity contribution in [3.63, 3.8) is 0 Å². The van der Waals surface area contributed by atoms with E-state index in [0.717, 1.165) is 43.2 Å². The molecule has 1 aliphatic rings. The number of fused-ring (bicyclic) bond motifs is 1. The zero-order valence-corrected chi connectivity index (χ0v) is 14.5. The summed E-state index contributed by atoms with van der Waals surface area (Å²) in [6, 6.07) is 11.3. The Labute approximate surface area is 147 Å². The fourth-order valence-corrected chi connectivity index (χ4v) is 3.56. The van der Waals surface area contributed by atoms with Crippen LogP contribution in [-0.2, 0) is 16.1 Å². The number of esters is 1. The minimum atomic E-state index is -0.0825. The quantitative estimate of drug-likeness (QED) is 0.733. The molecule has 0 saturated carbocycles. The second-order valence-corrected chi connectivity index (χ2v) is 6.61. The number of ether oxygens (including phenoxy) is 1. The first-order chi connectivity index (χ1) is 12.2. The Bertz CT molecular complexity index is 726. The average Bonchev–Trinajstić information content (AvgIpc) is 2.63. The molecule has 0 aliphatic carbocycles. The molecule has 0 N–H and O–H groups in total. The van der Waals surface area contributed by atoms with Gasteiger partial charge in [-0.15, -0.1) is 0 Å². The molecule has 2 aromatic carbocycles. The highest BCUT2D eigenvalue weighted by Crippen LogP contribution is 2.27. The molecule has 134 valence electrons. The van der Waals surface area contributed by atoms with E-state index in [1.165, 1.54) is 5.56 Å². The number of hydrogen-bond acceptors (Lipinski definition) is 4. The lowest BCUT2D eigenvalue weighted by Crippen LogP contribution is -2.34. The lowest BCUT2D eigenvalue weighted by atomic mass is 9.93. The molecule has 1 fully saturated rings. The summed E-state index contributed by atoms with van der Waals surface area (Å²) in [4.78, 5) is 17.8. The second kappa shape index (κ2) is 8.30. The van der Waals surface area contributed by atoms with Gasteiger partial charge in [-0.25, -0.2) is 0 Å². The van der Waals surface area contributed by atoms with Crippen molar-refractivity contribution in [3.8, 4) is 5.75 Å². The van der Waals surface area contributed by atoms with Gasteiger partial charge in [-0.3, -0.25) is 14.6 Å². The van der Waals surface area contributed by atoms with Crippen molar-refractivity contribution in [2.45, 2.75) is 32.7 Å². The van der Waals surface area contributed by atoms with Crippen LogP contribution in [0.1, 0.15) is 31.7 Å². The fourth-order valence-electron chi connectivity index (χ4n) is 3.56. The SMILES string of the molecule is CCOC(=O)CC1CCN(Cc2cccc3cc(OF)ccc23)CC1. The molecule has 1 saturated heterocycles. The third-order valence-corrected chi connectivity index (χ3v) is 4.89. The minimum absolute atomic E-state index is 0.0825. The maximum Gasteiger partial charge on any atom is 0.306 e. The van der Waals surface area contributed by atoms with E-state index in [0.29, 0.717) is 18.9 Å². The summed E-state index contributed by atoms with van der Waals surface area (Å²) in [6.07, 6.45) is 2.56. The predicted octanol–water partition coefficient (Wildman–Crippen LogP) is 4.27. The van der Waals surface area contributed by atoms with Gasteiger partial charge < -0.3 is 4.74 Å². The summed E-state index contributed by atoms with van der Waals surface area (Å²) >= 11 is 0. The van der Waals surface area contributed by atoms with Gasteiger partial charge in [0.2, 0.25) is 0 Å². The fraction of sp³-hybridized carbons (Fsp3) is 0.450. The molecule has 0 aromatic heterocycles. The van der Waals surface area contributed by atoms with Crippen LogP contribution in [0.25, 0.3) is 10.8 Å². The van der Waals surface area contributed by atoms with Gasteiger partial charge in [-0.2, -0.15) is 0 Å². The summed E-state index contributed by atoms with van der Waals surface area (Å²) in [5, 5.41) is 2.10. The zero-order valence-electron chi connectivity index (χ0n) is 14.5. The molecule has 1 heterocycles. The van der Waals surface area contributed by atoms with E-state index in [9.17, 15) is 9.32 Å². The van der Waals surface area contributed by atoms with Crippen LogP contribution in [0.3, 0.4) is 0 Å². The lowest BCUT2D eigenvalue weighted by Gasteiger charge is -2.31. The Morgan fingerprint density at radius 2 is 2.04 bits per heavy atom. The molecule has 1 aliphatic heterocycles. The third kappa shape index (κ3) is 4.48. The Morgan fingerprint density at radius 1 is 1.24 bits per heavy atom. The Balaban J connectivity index is 1.61. The van der Waals surface area contributed by atoms with Crippen LogP contribution in [0.5, 0.6) is 5.75 Å². The largest absolute Gasteiger partial charge is 0.466 e. The van der Waals surface area contributed by atoms with Gasteiger partial charge in [-0.1, -0.05) is 24.3 Å². The van der Waals surface area contributed by atoms with Gasteiger partial charge in [0.05, 0.1) is 6.61 Å². The average molecular weight is 345 g/mol. The first-order valence-corrected chi connectivity index (χ1v) is 8.88. The van der Waals surface area contributed by atoms with Crippen LogP contribution in [-0.4, -0.2) is 30.6 Å². The first-order valence-electron chi connectivity index (χ1n) is 8.88. The smallest absolute Gasteiger partial charge is 0.306 e. The topological polar surface area (TPSA) is 38.8 Å². The Kier molecular flexibility index (Phi) is 5.87. The van der Waals surface area contributed by atoms with Crippen molar-refractivity contribution in [1.29, 1.82) is 0 Å². The number of nitrogens with zero attached hydrogens (tertiary/aromatic N) is 1. The third-order valence-electron chi connectivity index (χ3n) is 4.89. The minimum Gasteiger partial charge on any atom is -0.466 e. The molecule has 3 rings (SSSR count). The van der Waals surface area contributed by atoms with E-state index in [-0.39, 0.29) is 11.7 Å². The van der Waals surface area contributed by atoms with E-state index in [2.05, 4.69) is 15.9 Å². The van der Waals surface area contributed by atoms with Crippen molar-refractivity contribution in [1.82, 2.24) is 4.90 Å². The molecule has 0 atom stereocenters. The molecule has 5 heteroatoms. The molecular weight excluding hydrogens is 321 g/mol. The number of halogens is 1. The summed E-state index contributed by atoms with van der Waals surface area (Å²) in [6.45, 7) is 5.11. The van der Waals surface area contributed by atoms with Crippen molar-refractivity contribution in [3.05, 3.63) is 42.0 Å². The van der Waals surface area contributed by atoms with E-state index in [1.807, 2.05) is 25.1 Å². The molecular formula is C20H24FNO3. The van der Waals surface area contributed by atoms with Crippen molar-refractivity contribution >= 4 is 16.7 Å². The van der Waals surface area contributed by atoms with Crippen LogP contribution in [0.2, 0.25) is 0 Å². The van der Waals surface area contributed by atoms with Gasteiger partial charge in [0.25, 0.3) is 0 Å². The Hall–Kier alpha value is -2.14. The van der Waals surface area contributed by atoms with E-state index < -0.39 is 0 Å². The van der Waals surface area contributed by atoms with Crippen molar-refractivity contribution in [2.75, 3.05) is 19.7 Å². The molecule has 0 unspecified atom stereocenters. The van der Waals surface area contributed by atoms with Crippen molar-refractivity contribution in [2.24, 2.45) is 5.92 Å². The van der Waals surface area contributed by atoms with Gasteiger partial charge in [-0.05, 0) is 67.2 Å². The normalized spacial score (nSPS) is 16.1. The molecule has 0 radical (unpaired) electrons. The number of hydrogen-bond donors (Lipinski definition) is 0. The first kappa shape index (κ1) is 17.7. The second-order valence-electron chi connectivity index (χ2n) is 6.61. The molecule has 25 heavy (non-hydrogen) atoms. The molecule has 4 nitrogen and oxygen atoms in total. The van der Waals surface area contributed by atoms with Crippen LogP contribution in [0.15, 0.2) is 36.4 Å². The highest BCUT2D eigenvalue weighted by atomic mass is 19.3. The highest BCUT2D eigenvalue weighted by molar-refractivity contribution is 5.87. The Morgan fingerprint density at radius 3 is 2.76 bits per heavy atom. The standard InChI is InChI=1S/C20H24FNO3/c1-2-24-20(23)12-15-8-10-22(11-9-15)14-17-5-3-4-16-13-18(25-21)6-7-19(16)17/h3-7,13,15H,2,8-12,14H2,1H3. The van der Waals surface area contributed by atoms with Gasteiger partial charge >= 0.3 is 5.97 Å². The van der Waals surface area contributed by atoms with Gasteiger partial charge in [0.1, 0.15) is 0 Å². The monoisotopic (exact) mass is 345 g/mol. The summed E-state index contributed by atoms with van der Waals surface area (Å²) in [5.74, 6) is 0.567. The van der Waals surface area contributed by atoms with E-state index in [4.69, 9.17) is 4.74 Å². The molecule has 0 bridgehead atoms. The lowest BCUT2D eigenvalue weighted by molar-refractivity contribution is -0.144. The van der Waals surface area contributed by atoms with Crippen LogP contribution >= 0.6 is 0 Å². The summed E-state index contributed by atoms with van der Waals surface area (Å²) in [7, 11) is 0. The van der Waals surface area contributed by atoms with Gasteiger partial charge in [0, 0.05) is 17.5 Å². The maximum atomic E-state index is 12.4. The van der Waals surface area contributed by atoms with Crippen LogP contribution in [0, 0.1) is 5.92 Å². The number of piperidine rings is 1. The molecule has 0 amide bonds.